The van der Waals surface area contributed by atoms with E-state index < -0.39 is 26.8 Å². The predicted octanol–water partition coefficient (Wildman–Crippen LogP) is 5.96. The van der Waals surface area contributed by atoms with Crippen molar-refractivity contribution in [2.75, 3.05) is 25.5 Å². The van der Waals surface area contributed by atoms with Crippen molar-refractivity contribution in [2.45, 2.75) is 67.9 Å². The van der Waals surface area contributed by atoms with E-state index in [1.165, 1.54) is 19.2 Å². The Hall–Kier alpha value is -4.06. The maximum atomic E-state index is 14.7. The first kappa shape index (κ1) is 31.9. The van der Waals surface area contributed by atoms with Crippen molar-refractivity contribution >= 4 is 44.4 Å². The van der Waals surface area contributed by atoms with E-state index in [0.29, 0.717) is 61.5 Å². The van der Waals surface area contributed by atoms with E-state index in [-0.39, 0.29) is 23.2 Å². The molecule has 46 heavy (non-hydrogen) atoms. The number of benzene rings is 3. The first-order chi connectivity index (χ1) is 22.2. The number of anilines is 2. The number of sulfone groups is 1. The number of likely N-dealkylation sites (tertiary alicyclic amines) is 1. The molecular formula is C35H39N3O7S. The first-order valence-electron chi connectivity index (χ1n) is 15.8. The number of carbonyl (C=O) groups excluding carboxylic acids is 2. The van der Waals surface area contributed by atoms with Gasteiger partial charge in [-0.25, -0.2) is 8.42 Å². The number of Topliss-reactive ketones (excluding diaryl/α,β-unsaturated/α-hetero) is 1. The molecule has 2 heterocycles. The number of nitrogens with zero attached hydrogens (tertiary/aromatic N) is 2. The van der Waals surface area contributed by atoms with Crippen LogP contribution in [0.4, 0.5) is 11.7 Å². The molecule has 1 saturated carbocycles. The molecule has 4 aromatic rings. The predicted molar refractivity (Wildman–Crippen MR) is 173 cm³/mol. The standard InChI is InChI=1S/C35H39N3O7S/c1-24-10-6-7-13-29(24)36-34-37-30-19-14-25(22-31(30)44-34)23-32(39)35(38-20-8-9-21-38,46(41,42)28-11-4-3-5-12-28)45-27-17-15-26(16-18-27)33(40)43-2/h3-7,10-14,19,22,26-27H,8-9,15-18,20-21,23H2,1-2H3,(H,36,37)/t26-,27-,35?. The van der Waals surface area contributed by atoms with Gasteiger partial charge in [-0.1, -0.05) is 42.5 Å². The smallest absolute Gasteiger partial charge is 0.308 e. The van der Waals surface area contributed by atoms with E-state index >= 15 is 0 Å². The monoisotopic (exact) mass is 645 g/mol. The summed E-state index contributed by atoms with van der Waals surface area (Å²) >= 11 is 0. The molecule has 0 bridgehead atoms. The van der Waals surface area contributed by atoms with Crippen molar-refractivity contribution < 1.29 is 31.9 Å². The number of nitrogens with one attached hydrogen (secondary N) is 1. The number of hydrogen-bond donors (Lipinski definition) is 1. The number of rotatable bonds is 11. The largest absolute Gasteiger partial charge is 0.469 e. The molecule has 1 aromatic heterocycles. The minimum atomic E-state index is -4.36. The van der Waals surface area contributed by atoms with E-state index in [2.05, 4.69) is 10.3 Å². The third-order valence-corrected chi connectivity index (χ3v) is 11.2. The molecule has 3 aromatic carbocycles. The van der Waals surface area contributed by atoms with Crippen LogP contribution >= 0.6 is 0 Å². The molecule has 1 aliphatic carbocycles. The molecule has 0 radical (unpaired) electrons. The van der Waals surface area contributed by atoms with Crippen molar-refractivity contribution in [3.63, 3.8) is 0 Å². The van der Waals surface area contributed by atoms with Crippen molar-refractivity contribution in [1.82, 2.24) is 9.88 Å². The summed E-state index contributed by atoms with van der Waals surface area (Å²) in [6.07, 6.45) is 2.63. The lowest BCUT2D eigenvalue weighted by molar-refractivity contribution is -0.168. The Bertz CT molecular complexity index is 1810. The molecule has 1 saturated heterocycles. The molecule has 1 unspecified atom stereocenters. The second kappa shape index (κ2) is 13.4. The highest BCUT2D eigenvalue weighted by molar-refractivity contribution is 7.93. The Balaban J connectivity index is 1.34. The number of fused-ring (bicyclic) bond motifs is 1. The lowest BCUT2D eigenvalue weighted by atomic mass is 9.87. The molecule has 11 heteroatoms. The number of carbonyl (C=O) groups is 2. The van der Waals surface area contributed by atoms with Gasteiger partial charge >= 0.3 is 5.97 Å². The number of ketones is 1. The van der Waals surface area contributed by atoms with Crippen LogP contribution in [-0.4, -0.2) is 61.4 Å². The van der Waals surface area contributed by atoms with Crippen molar-refractivity contribution in [3.05, 3.63) is 83.9 Å². The summed E-state index contributed by atoms with van der Waals surface area (Å²) in [7, 11) is -2.99. The van der Waals surface area contributed by atoms with Gasteiger partial charge < -0.3 is 19.2 Å². The number of esters is 1. The molecule has 0 amide bonds. The molecule has 1 aliphatic heterocycles. The second-order valence-corrected chi connectivity index (χ2v) is 14.1. The molecular weight excluding hydrogens is 606 g/mol. The van der Waals surface area contributed by atoms with Gasteiger partial charge in [-0.3, -0.25) is 14.5 Å². The maximum Gasteiger partial charge on any atom is 0.308 e. The van der Waals surface area contributed by atoms with Gasteiger partial charge in [0.15, 0.2) is 5.58 Å². The van der Waals surface area contributed by atoms with Gasteiger partial charge in [-0.15, -0.1) is 0 Å². The van der Waals surface area contributed by atoms with Crippen LogP contribution in [0.5, 0.6) is 0 Å². The zero-order chi connectivity index (χ0) is 32.3. The SMILES string of the molecule is COC(=O)[C@H]1CC[C@H](OC(C(=O)Cc2ccc3nc(Nc4ccccc4C)oc3c2)(N2CCCC2)S(=O)(=O)c2ccccc2)CC1. The zero-order valence-corrected chi connectivity index (χ0v) is 26.9. The van der Waals surface area contributed by atoms with E-state index in [4.69, 9.17) is 13.9 Å². The minimum absolute atomic E-state index is 0.0242. The van der Waals surface area contributed by atoms with Gasteiger partial charge in [-0.2, -0.15) is 4.98 Å². The zero-order valence-electron chi connectivity index (χ0n) is 26.1. The van der Waals surface area contributed by atoms with Crippen molar-refractivity contribution in [1.29, 1.82) is 0 Å². The van der Waals surface area contributed by atoms with Gasteiger partial charge in [0.25, 0.3) is 11.1 Å². The van der Waals surface area contributed by atoms with E-state index in [1.54, 1.807) is 41.3 Å². The number of oxazole rings is 1. The lowest BCUT2D eigenvalue weighted by Gasteiger charge is -2.42. The number of para-hydroxylation sites is 1. The summed E-state index contributed by atoms with van der Waals surface area (Å²) in [6, 6.07) is 21.4. The topological polar surface area (TPSA) is 128 Å². The lowest BCUT2D eigenvalue weighted by Crippen LogP contribution is -2.62. The highest BCUT2D eigenvalue weighted by atomic mass is 32.2. The summed E-state index contributed by atoms with van der Waals surface area (Å²) in [5, 5.41) is 0.966. The number of aromatic nitrogens is 1. The molecule has 2 fully saturated rings. The number of methoxy groups -OCH3 is 1. The molecule has 242 valence electrons. The Kier molecular flexibility index (Phi) is 9.26. The van der Waals surface area contributed by atoms with Crippen molar-refractivity contribution in [3.8, 4) is 0 Å². The summed E-state index contributed by atoms with van der Waals surface area (Å²) in [6.45, 7) is 2.80. The van der Waals surface area contributed by atoms with Gasteiger partial charge in [0.1, 0.15) is 5.52 Å². The molecule has 1 atom stereocenters. The Morgan fingerprint density at radius 1 is 0.978 bits per heavy atom. The molecule has 2 aliphatic rings. The first-order valence-corrected chi connectivity index (χ1v) is 17.3. The van der Waals surface area contributed by atoms with Crippen LogP contribution in [0.1, 0.15) is 49.7 Å². The third kappa shape index (κ3) is 6.19. The van der Waals surface area contributed by atoms with Crippen LogP contribution in [0.3, 0.4) is 0 Å². The van der Waals surface area contributed by atoms with Crippen molar-refractivity contribution in [2.24, 2.45) is 5.92 Å². The molecule has 10 nitrogen and oxygen atoms in total. The van der Waals surface area contributed by atoms with E-state index in [1.807, 2.05) is 31.2 Å². The van der Waals surface area contributed by atoms with E-state index in [0.717, 1.165) is 24.1 Å². The number of hydrogen-bond acceptors (Lipinski definition) is 10. The van der Waals surface area contributed by atoms with Crippen LogP contribution in [0.25, 0.3) is 11.1 Å². The fraction of sp³-hybridized carbons (Fsp3) is 0.400. The number of aryl methyl sites for hydroxylation is 1. The van der Waals surface area contributed by atoms with Gasteiger partial charge in [0.2, 0.25) is 15.6 Å². The highest BCUT2D eigenvalue weighted by Gasteiger charge is 2.58. The van der Waals surface area contributed by atoms with Gasteiger partial charge in [0.05, 0.1) is 24.0 Å². The summed E-state index contributed by atoms with van der Waals surface area (Å²) < 4.78 is 46.9. The minimum Gasteiger partial charge on any atom is -0.469 e. The Morgan fingerprint density at radius 2 is 1.67 bits per heavy atom. The Labute approximate surface area is 269 Å². The molecule has 0 spiro atoms. The normalized spacial score (nSPS) is 20.3. The molecule has 1 N–H and O–H groups in total. The Morgan fingerprint density at radius 3 is 2.37 bits per heavy atom. The van der Waals surface area contributed by atoms with E-state index in [9.17, 15) is 18.0 Å². The highest BCUT2D eigenvalue weighted by Crippen LogP contribution is 2.40. The average molecular weight is 646 g/mol. The summed E-state index contributed by atoms with van der Waals surface area (Å²) in [4.78, 5) is 33.1. The fourth-order valence-corrected chi connectivity index (χ4v) is 8.53. The third-order valence-electron chi connectivity index (χ3n) is 9.03. The number of ether oxygens (including phenoxy) is 2. The van der Waals surface area contributed by atoms with Crippen LogP contribution in [0, 0.1) is 12.8 Å². The quantitative estimate of drug-likeness (QED) is 0.195. The fourth-order valence-electron chi connectivity index (χ4n) is 6.54. The van der Waals surface area contributed by atoms with Gasteiger partial charge in [-0.05, 0) is 86.9 Å². The van der Waals surface area contributed by atoms with Crippen LogP contribution < -0.4 is 5.32 Å². The van der Waals surface area contributed by atoms with Crippen LogP contribution in [0.2, 0.25) is 0 Å². The van der Waals surface area contributed by atoms with Crippen LogP contribution in [-0.2, 0) is 35.3 Å². The summed E-state index contributed by atoms with van der Waals surface area (Å²) in [5.74, 6) is -1.12. The molecule has 6 rings (SSSR count). The average Bonchev–Trinajstić information content (AvgIpc) is 3.75. The maximum absolute atomic E-state index is 14.7. The second-order valence-electron chi connectivity index (χ2n) is 12.1. The summed E-state index contributed by atoms with van der Waals surface area (Å²) in [5.41, 5.74) is 3.56. The van der Waals surface area contributed by atoms with Crippen LogP contribution in [0.15, 0.2) is 82.1 Å². The van der Waals surface area contributed by atoms with Gasteiger partial charge in [0, 0.05) is 25.2 Å².